The molecule has 0 unspecified atom stereocenters. The molecule has 4 heteroatoms. The maximum absolute atomic E-state index is 10.3. The van der Waals surface area contributed by atoms with E-state index in [0.717, 1.165) is 25.0 Å². The molecule has 4 nitrogen and oxygen atoms in total. The molecule has 0 saturated carbocycles. The van der Waals surface area contributed by atoms with Crippen molar-refractivity contribution in [3.05, 3.63) is 59.8 Å². The third-order valence-electron chi connectivity index (χ3n) is 3.08. The fraction of sp³-hybridized carbons (Fsp3) is 0.429. The van der Waals surface area contributed by atoms with E-state index in [9.17, 15) is 9.59 Å². The molecule has 0 aromatic heterocycles. The highest BCUT2D eigenvalue weighted by Gasteiger charge is 1.94. The maximum Gasteiger partial charge on any atom is 0.330 e. The van der Waals surface area contributed by atoms with Crippen LogP contribution in [0.1, 0.15) is 47.0 Å². The molecule has 0 heterocycles. The Morgan fingerprint density at radius 2 is 1.40 bits per heavy atom. The fourth-order valence-corrected chi connectivity index (χ4v) is 1.49. The van der Waals surface area contributed by atoms with Crippen molar-refractivity contribution in [3.63, 3.8) is 0 Å². The van der Waals surface area contributed by atoms with Gasteiger partial charge < -0.3 is 9.47 Å². The number of carbonyl (C=O) groups is 2. The summed E-state index contributed by atoms with van der Waals surface area (Å²) in [5.74, 6) is -1.16. The Morgan fingerprint density at radius 3 is 1.80 bits per heavy atom. The van der Waals surface area contributed by atoms with Crippen LogP contribution >= 0.6 is 0 Å². The molecular formula is C21H32O4. The molecule has 0 bridgehead atoms. The van der Waals surface area contributed by atoms with Gasteiger partial charge >= 0.3 is 11.9 Å². The normalized spacial score (nSPS) is 11.3. The molecule has 0 spiro atoms. The number of hydrogen-bond donors (Lipinski definition) is 0. The minimum absolute atomic E-state index is 0.578. The summed E-state index contributed by atoms with van der Waals surface area (Å²) in [4.78, 5) is 20.6. The van der Waals surface area contributed by atoms with Crippen molar-refractivity contribution >= 4 is 11.9 Å². The summed E-state index contributed by atoms with van der Waals surface area (Å²) >= 11 is 0. The zero-order chi connectivity index (χ0) is 19.7. The predicted octanol–water partition coefficient (Wildman–Crippen LogP) is 5.09. The van der Waals surface area contributed by atoms with Crippen molar-refractivity contribution in [2.45, 2.75) is 47.0 Å². The van der Waals surface area contributed by atoms with Gasteiger partial charge in [-0.3, -0.25) is 0 Å². The Bertz CT molecular complexity index is 512. The second-order valence-corrected chi connectivity index (χ2v) is 5.64. The number of methoxy groups -OCH3 is 2. The van der Waals surface area contributed by atoms with Crippen molar-refractivity contribution < 1.29 is 19.1 Å². The summed E-state index contributed by atoms with van der Waals surface area (Å²) in [6, 6.07) is 0. The van der Waals surface area contributed by atoms with Crippen LogP contribution in [0.4, 0.5) is 0 Å². The van der Waals surface area contributed by atoms with Gasteiger partial charge in [0.15, 0.2) is 0 Å². The zero-order valence-corrected chi connectivity index (χ0v) is 16.4. The molecule has 0 atom stereocenters. The van der Waals surface area contributed by atoms with E-state index >= 15 is 0 Å². The first kappa shape index (κ1) is 24.9. The van der Waals surface area contributed by atoms with E-state index in [1.54, 1.807) is 0 Å². The molecule has 0 rings (SSSR count). The van der Waals surface area contributed by atoms with Crippen molar-refractivity contribution in [1.29, 1.82) is 0 Å². The predicted molar refractivity (Wildman–Crippen MR) is 104 cm³/mol. The summed E-state index contributed by atoms with van der Waals surface area (Å²) < 4.78 is 8.42. The molecule has 0 aliphatic rings. The number of rotatable bonds is 8. The minimum Gasteiger partial charge on any atom is -0.466 e. The third kappa shape index (κ3) is 19.6. The SMILES string of the molecule is C=C/C(C)=C/C/C=C(\C)CCC=C(C)C.COC(=O)/C=C\C(=O)OC. The van der Waals surface area contributed by atoms with Crippen LogP contribution in [0.15, 0.2) is 59.8 Å². The monoisotopic (exact) mass is 348 g/mol. The lowest BCUT2D eigenvalue weighted by atomic mass is 10.1. The fourth-order valence-electron chi connectivity index (χ4n) is 1.49. The summed E-state index contributed by atoms with van der Waals surface area (Å²) in [6.45, 7) is 12.3. The number of hydrogen-bond acceptors (Lipinski definition) is 4. The molecule has 0 aromatic carbocycles. The van der Waals surface area contributed by atoms with Crippen LogP contribution in [-0.2, 0) is 19.1 Å². The van der Waals surface area contributed by atoms with E-state index in [1.165, 1.54) is 37.4 Å². The average molecular weight is 348 g/mol. The van der Waals surface area contributed by atoms with Gasteiger partial charge in [0.25, 0.3) is 0 Å². The number of esters is 2. The van der Waals surface area contributed by atoms with E-state index in [4.69, 9.17) is 0 Å². The second-order valence-electron chi connectivity index (χ2n) is 5.64. The van der Waals surface area contributed by atoms with Crippen LogP contribution in [0.3, 0.4) is 0 Å². The van der Waals surface area contributed by atoms with Crippen molar-refractivity contribution in [2.75, 3.05) is 14.2 Å². The summed E-state index contributed by atoms with van der Waals surface area (Å²) in [5, 5.41) is 0. The van der Waals surface area contributed by atoms with Gasteiger partial charge in [-0.15, -0.1) is 0 Å². The van der Waals surface area contributed by atoms with Crippen molar-refractivity contribution in [1.82, 2.24) is 0 Å². The molecule has 0 amide bonds. The summed E-state index contributed by atoms with van der Waals surface area (Å²) in [6.07, 6.45) is 14.0. The Morgan fingerprint density at radius 1 is 0.880 bits per heavy atom. The Labute approximate surface area is 152 Å². The first-order chi connectivity index (χ1) is 11.8. The number of carbonyl (C=O) groups excluding carboxylic acids is 2. The van der Waals surface area contributed by atoms with Gasteiger partial charge in [0.05, 0.1) is 14.2 Å². The van der Waals surface area contributed by atoms with Crippen molar-refractivity contribution in [2.24, 2.45) is 0 Å². The van der Waals surface area contributed by atoms with E-state index in [1.807, 2.05) is 6.08 Å². The number of ether oxygens (including phenoxy) is 2. The highest BCUT2D eigenvalue weighted by Crippen LogP contribution is 2.08. The Balaban J connectivity index is 0. The van der Waals surface area contributed by atoms with Crippen LogP contribution in [-0.4, -0.2) is 26.2 Å². The molecule has 0 aliphatic heterocycles. The standard InChI is InChI=1S/C15H24.C6H8O4/c1-6-14(4)10-8-12-15(5)11-7-9-13(2)3;1-9-5(7)3-4-6(8)10-2/h6,9-10,12H,1,7-8,11H2,2-5H3;3-4H,1-2H3/b14-10+,15-12+;4-3-. The molecule has 0 saturated heterocycles. The molecule has 140 valence electrons. The second kappa shape index (κ2) is 16.5. The zero-order valence-electron chi connectivity index (χ0n) is 16.4. The lowest BCUT2D eigenvalue weighted by molar-refractivity contribution is -0.137. The summed E-state index contributed by atoms with van der Waals surface area (Å²) in [7, 11) is 2.45. The van der Waals surface area contributed by atoms with Gasteiger partial charge in [0.1, 0.15) is 0 Å². The van der Waals surface area contributed by atoms with Crippen LogP contribution < -0.4 is 0 Å². The smallest absolute Gasteiger partial charge is 0.330 e. The largest absolute Gasteiger partial charge is 0.466 e. The van der Waals surface area contributed by atoms with Crippen molar-refractivity contribution in [3.8, 4) is 0 Å². The van der Waals surface area contributed by atoms with Crippen LogP contribution in [0.5, 0.6) is 0 Å². The minimum atomic E-state index is -0.578. The first-order valence-electron chi connectivity index (χ1n) is 8.18. The molecule has 0 N–H and O–H groups in total. The Kier molecular flexibility index (Phi) is 16.4. The molecule has 0 aromatic rings. The Hall–Kier alpha value is -2.36. The first-order valence-corrected chi connectivity index (χ1v) is 8.18. The highest BCUT2D eigenvalue weighted by atomic mass is 16.5. The van der Waals surface area contributed by atoms with E-state index in [-0.39, 0.29) is 0 Å². The molecule has 25 heavy (non-hydrogen) atoms. The molecule has 0 aliphatic carbocycles. The quantitative estimate of drug-likeness (QED) is 0.265. The van der Waals surface area contributed by atoms with Crippen LogP contribution in [0, 0.1) is 0 Å². The van der Waals surface area contributed by atoms with Gasteiger partial charge in [0.2, 0.25) is 0 Å². The average Bonchev–Trinajstić information content (AvgIpc) is 2.59. The highest BCUT2D eigenvalue weighted by molar-refractivity contribution is 5.91. The third-order valence-corrected chi connectivity index (χ3v) is 3.08. The molecule has 0 fully saturated rings. The van der Waals surface area contributed by atoms with E-state index in [2.05, 4.69) is 62.0 Å². The summed E-state index contributed by atoms with van der Waals surface area (Å²) in [5.41, 5.74) is 4.13. The van der Waals surface area contributed by atoms with E-state index < -0.39 is 11.9 Å². The van der Waals surface area contributed by atoms with Crippen LogP contribution in [0.25, 0.3) is 0 Å². The van der Waals surface area contributed by atoms with Gasteiger partial charge in [-0.05, 0) is 47.0 Å². The van der Waals surface area contributed by atoms with Gasteiger partial charge in [-0.2, -0.15) is 0 Å². The van der Waals surface area contributed by atoms with Gasteiger partial charge in [0, 0.05) is 12.2 Å². The molecule has 0 radical (unpaired) electrons. The molecular weight excluding hydrogens is 316 g/mol. The lowest BCUT2D eigenvalue weighted by Gasteiger charge is -1.98. The van der Waals surface area contributed by atoms with E-state index in [0.29, 0.717) is 0 Å². The van der Waals surface area contributed by atoms with Gasteiger partial charge in [-0.1, -0.05) is 47.6 Å². The van der Waals surface area contributed by atoms with Crippen LogP contribution in [0.2, 0.25) is 0 Å². The number of allylic oxidation sites excluding steroid dienone is 7. The lowest BCUT2D eigenvalue weighted by Crippen LogP contribution is -1.98. The van der Waals surface area contributed by atoms with Gasteiger partial charge in [-0.25, -0.2) is 9.59 Å². The topological polar surface area (TPSA) is 52.6 Å². The maximum atomic E-state index is 10.3.